The molecule has 1 unspecified atom stereocenters. The van der Waals surface area contributed by atoms with Crippen molar-refractivity contribution in [2.24, 2.45) is 11.8 Å². The number of hydrogen-bond donors (Lipinski definition) is 3. The molecule has 2 fully saturated rings. The van der Waals surface area contributed by atoms with Gasteiger partial charge in [-0.15, -0.1) is 13.2 Å². The number of piperidine rings is 1. The van der Waals surface area contributed by atoms with Gasteiger partial charge in [-0.25, -0.2) is 4.79 Å². The van der Waals surface area contributed by atoms with Gasteiger partial charge in [-0.05, 0) is 69.2 Å². The minimum Gasteiger partial charge on any atom is -0.406 e. The normalized spacial score (nSPS) is 21.3. The van der Waals surface area contributed by atoms with Crippen molar-refractivity contribution < 1.29 is 32.5 Å². The first-order chi connectivity index (χ1) is 18.6. The van der Waals surface area contributed by atoms with E-state index in [1.54, 1.807) is 18.1 Å². The molecule has 1 heterocycles. The number of amides is 2. The van der Waals surface area contributed by atoms with Crippen molar-refractivity contribution in [2.45, 2.75) is 88.6 Å². The molecular formula is C29H46F3N3O4. The fourth-order valence-corrected chi connectivity index (χ4v) is 6.27. The fourth-order valence-electron chi connectivity index (χ4n) is 6.27. The summed E-state index contributed by atoms with van der Waals surface area (Å²) in [5.41, 5.74) is -1.04. The summed E-state index contributed by atoms with van der Waals surface area (Å²) < 4.78 is 48.0. The van der Waals surface area contributed by atoms with Gasteiger partial charge in [0, 0.05) is 45.3 Å². The highest BCUT2D eigenvalue weighted by molar-refractivity contribution is 5.74. The lowest BCUT2D eigenvalue weighted by Gasteiger charge is -2.43. The second kappa shape index (κ2) is 15.1. The maximum Gasteiger partial charge on any atom is 0.573 e. The van der Waals surface area contributed by atoms with Crippen LogP contribution in [0.5, 0.6) is 5.75 Å². The molecule has 0 radical (unpaired) electrons. The second-order valence-electron chi connectivity index (χ2n) is 11.2. The third kappa shape index (κ3) is 9.83. The number of rotatable bonds is 13. The summed E-state index contributed by atoms with van der Waals surface area (Å²) in [6.07, 6.45) is 5.36. The number of carbonyl (C=O) groups is 1. The topological polar surface area (TPSA) is 83.1 Å². The number of unbranched alkanes of at least 4 members (excludes halogenated alkanes) is 1. The Kier molecular flexibility index (Phi) is 12.2. The van der Waals surface area contributed by atoms with Crippen LogP contribution in [-0.2, 0) is 10.3 Å². The zero-order chi connectivity index (χ0) is 28.3. The molecule has 0 bridgehead atoms. The summed E-state index contributed by atoms with van der Waals surface area (Å²) in [6, 6.07) is 5.50. The van der Waals surface area contributed by atoms with Crippen LogP contribution < -0.4 is 15.4 Å². The Morgan fingerprint density at radius 3 is 2.62 bits per heavy atom. The first-order valence-electron chi connectivity index (χ1n) is 14.4. The number of urea groups is 1. The van der Waals surface area contributed by atoms with Gasteiger partial charge in [0.25, 0.3) is 0 Å². The smallest absolute Gasteiger partial charge is 0.406 e. The third-order valence-corrected chi connectivity index (χ3v) is 8.23. The van der Waals surface area contributed by atoms with Crippen molar-refractivity contribution in [3.8, 4) is 5.75 Å². The molecule has 0 aromatic heterocycles. The molecule has 1 aromatic rings. The van der Waals surface area contributed by atoms with E-state index < -0.39 is 12.0 Å². The molecule has 1 aromatic carbocycles. The zero-order valence-electron chi connectivity index (χ0n) is 23.4. The van der Waals surface area contributed by atoms with Gasteiger partial charge in [-0.1, -0.05) is 44.2 Å². The standard InChI is InChI=1S/C29H46F3N3O4/c1-33-20-25(18-22-10-4-3-5-11-22)34-27(36)35-16-9-13-24(21-35)28(37,15-6-7-17-38-2)23-12-8-14-26(19-23)39-29(30,31)32/h8,12,14,19,22,24-25,33,37H,3-7,9-11,13,15-18,20-21H2,1-2H3,(H,34,36)/t24-,25?,28-/m1/s1. The number of hydrogen-bond acceptors (Lipinski definition) is 5. The Balaban J connectivity index is 1.74. The molecular weight excluding hydrogens is 511 g/mol. The molecule has 0 spiro atoms. The summed E-state index contributed by atoms with van der Waals surface area (Å²) in [5.74, 6) is -0.0741. The molecule has 2 aliphatic rings. The number of likely N-dealkylation sites (N-methyl/N-ethyl adjacent to an activating group) is 1. The quantitative estimate of drug-likeness (QED) is 0.276. The van der Waals surface area contributed by atoms with E-state index in [1.807, 2.05) is 7.05 Å². The van der Waals surface area contributed by atoms with Crippen LogP contribution in [0.15, 0.2) is 24.3 Å². The molecule has 1 saturated heterocycles. The first kappa shape index (κ1) is 31.5. The van der Waals surface area contributed by atoms with Gasteiger partial charge >= 0.3 is 12.4 Å². The number of nitrogens with one attached hydrogen (secondary N) is 2. The summed E-state index contributed by atoms with van der Waals surface area (Å²) in [5, 5.41) is 18.5. The highest BCUT2D eigenvalue weighted by Gasteiger charge is 2.42. The second-order valence-corrected chi connectivity index (χ2v) is 11.2. The van der Waals surface area contributed by atoms with Crippen LogP contribution in [0.25, 0.3) is 0 Å². The molecule has 2 amide bonds. The van der Waals surface area contributed by atoms with Crippen LogP contribution in [0.3, 0.4) is 0 Å². The average molecular weight is 558 g/mol. The number of methoxy groups -OCH3 is 1. The Morgan fingerprint density at radius 2 is 1.92 bits per heavy atom. The molecule has 1 saturated carbocycles. The van der Waals surface area contributed by atoms with E-state index in [4.69, 9.17) is 4.74 Å². The van der Waals surface area contributed by atoms with Gasteiger partial charge in [-0.2, -0.15) is 0 Å². The highest BCUT2D eigenvalue weighted by atomic mass is 19.4. The van der Waals surface area contributed by atoms with Crippen molar-refractivity contribution >= 4 is 6.03 Å². The molecule has 39 heavy (non-hydrogen) atoms. The number of ether oxygens (including phenoxy) is 2. The van der Waals surface area contributed by atoms with E-state index in [2.05, 4.69) is 15.4 Å². The van der Waals surface area contributed by atoms with Crippen LogP contribution in [0.1, 0.15) is 76.2 Å². The Hall–Kier alpha value is -2.04. The Morgan fingerprint density at radius 1 is 1.15 bits per heavy atom. The van der Waals surface area contributed by atoms with Crippen LogP contribution in [0.4, 0.5) is 18.0 Å². The summed E-state index contributed by atoms with van der Waals surface area (Å²) in [7, 11) is 3.49. The predicted molar refractivity (Wildman–Crippen MR) is 144 cm³/mol. The van der Waals surface area contributed by atoms with Gasteiger partial charge in [0.15, 0.2) is 0 Å². The van der Waals surface area contributed by atoms with E-state index >= 15 is 0 Å². The minimum absolute atomic E-state index is 0.0232. The van der Waals surface area contributed by atoms with Crippen molar-refractivity contribution in [3.63, 3.8) is 0 Å². The number of nitrogens with zero attached hydrogens (tertiary/aromatic N) is 1. The number of alkyl halides is 3. The lowest BCUT2D eigenvalue weighted by atomic mass is 9.74. The predicted octanol–water partition coefficient (Wildman–Crippen LogP) is 5.57. The van der Waals surface area contributed by atoms with Gasteiger partial charge < -0.3 is 30.1 Å². The van der Waals surface area contributed by atoms with Gasteiger partial charge in [-0.3, -0.25) is 0 Å². The van der Waals surface area contributed by atoms with E-state index in [1.165, 1.54) is 50.3 Å². The summed E-state index contributed by atoms with van der Waals surface area (Å²) in [4.78, 5) is 15.1. The number of aliphatic hydroxyl groups is 1. The molecule has 7 nitrogen and oxygen atoms in total. The Labute approximate surface area is 230 Å². The number of benzene rings is 1. The zero-order valence-corrected chi connectivity index (χ0v) is 23.4. The Bertz CT molecular complexity index is 882. The lowest BCUT2D eigenvalue weighted by molar-refractivity contribution is -0.274. The van der Waals surface area contributed by atoms with Crippen molar-refractivity contribution in [2.75, 3.05) is 40.4 Å². The average Bonchev–Trinajstić information content (AvgIpc) is 2.91. The third-order valence-electron chi connectivity index (χ3n) is 8.23. The van der Waals surface area contributed by atoms with Gasteiger partial charge in [0.1, 0.15) is 5.75 Å². The van der Waals surface area contributed by atoms with E-state index in [-0.39, 0.29) is 23.7 Å². The largest absolute Gasteiger partial charge is 0.573 e. The molecule has 222 valence electrons. The molecule has 10 heteroatoms. The van der Waals surface area contributed by atoms with E-state index in [9.17, 15) is 23.1 Å². The molecule has 1 aliphatic heterocycles. The minimum atomic E-state index is -4.82. The van der Waals surface area contributed by atoms with Crippen LogP contribution in [0.2, 0.25) is 0 Å². The van der Waals surface area contributed by atoms with Crippen LogP contribution >= 0.6 is 0 Å². The van der Waals surface area contributed by atoms with Crippen molar-refractivity contribution in [1.82, 2.24) is 15.5 Å². The maximum absolute atomic E-state index is 13.4. The molecule has 1 aliphatic carbocycles. The van der Waals surface area contributed by atoms with Crippen molar-refractivity contribution in [3.05, 3.63) is 29.8 Å². The van der Waals surface area contributed by atoms with Crippen LogP contribution in [0, 0.1) is 11.8 Å². The summed E-state index contributed by atoms with van der Waals surface area (Å²) >= 11 is 0. The fraction of sp³-hybridized carbons (Fsp3) is 0.759. The first-order valence-corrected chi connectivity index (χ1v) is 14.4. The highest BCUT2D eigenvalue weighted by Crippen LogP contribution is 2.41. The van der Waals surface area contributed by atoms with E-state index in [0.717, 1.165) is 6.42 Å². The van der Waals surface area contributed by atoms with Gasteiger partial charge in [0.05, 0.1) is 5.60 Å². The SMILES string of the molecule is CNCC(CC1CCCCC1)NC(=O)N1CCC[C@@H]([C@@](O)(CCCCOC)c2cccc(OC(F)(F)F)c2)C1. The number of likely N-dealkylation sites (tertiary alicyclic amines) is 1. The summed E-state index contributed by atoms with van der Waals surface area (Å²) in [6.45, 7) is 2.12. The monoisotopic (exact) mass is 557 g/mol. The molecule has 3 N–H and O–H groups in total. The molecule has 3 atom stereocenters. The van der Waals surface area contributed by atoms with Gasteiger partial charge in [0.2, 0.25) is 0 Å². The maximum atomic E-state index is 13.4. The van der Waals surface area contributed by atoms with Crippen molar-refractivity contribution in [1.29, 1.82) is 0 Å². The molecule has 3 rings (SSSR count). The van der Waals surface area contributed by atoms with Crippen LogP contribution in [-0.4, -0.2) is 68.8 Å². The number of carbonyl (C=O) groups excluding carboxylic acids is 1. The van der Waals surface area contributed by atoms with E-state index in [0.29, 0.717) is 69.8 Å². The lowest BCUT2D eigenvalue weighted by Crippen LogP contribution is -2.54. The number of halogens is 3.